The number of hydrogen-bond acceptors (Lipinski definition) is 15. The number of ketones is 1. The Morgan fingerprint density at radius 2 is 0.819 bits per heavy atom. The number of nitrogens with one attached hydrogen (secondary N) is 9. The fourth-order valence-electron chi connectivity index (χ4n) is 11.2. The first-order chi connectivity index (χ1) is 39.1. The number of carbonyl (C=O) groups excluding carboxylic acids is 13. The molecule has 28 heteroatoms. The van der Waals surface area contributed by atoms with E-state index in [1.165, 1.54) is 54.2 Å². The van der Waals surface area contributed by atoms with Crippen LogP contribution in [0, 0.1) is 11.8 Å². The van der Waals surface area contributed by atoms with Gasteiger partial charge in [-0.05, 0) is 117 Å². The lowest BCUT2D eigenvalue weighted by molar-refractivity contribution is -0.143. The van der Waals surface area contributed by atoms with Gasteiger partial charge in [-0.3, -0.25) is 67.1 Å². The van der Waals surface area contributed by atoms with Gasteiger partial charge in [0.1, 0.15) is 60.4 Å². The molecule has 0 aromatic carbocycles. The van der Waals surface area contributed by atoms with Crippen LogP contribution >= 0.6 is 0 Å². The Morgan fingerprint density at radius 1 is 0.446 bits per heavy atom. The number of hydrogen-bond donors (Lipinski definition) is 10. The quantitative estimate of drug-likeness (QED) is 0.135. The van der Waals surface area contributed by atoms with Crippen molar-refractivity contribution in [1.82, 2.24) is 67.5 Å². The third-order valence-corrected chi connectivity index (χ3v) is 16.0. The molecule has 5 heterocycles. The van der Waals surface area contributed by atoms with Gasteiger partial charge in [-0.25, -0.2) is 0 Å². The van der Waals surface area contributed by atoms with Crippen LogP contribution < -0.4 is 47.9 Å². The molecule has 0 aliphatic carbocycles. The highest BCUT2D eigenvalue weighted by Crippen LogP contribution is 2.24. The first-order valence-electron chi connectivity index (χ1n) is 29.2. The van der Waals surface area contributed by atoms with Gasteiger partial charge in [0, 0.05) is 32.6 Å². The Kier molecular flexibility index (Phi) is 24.3. The summed E-state index contributed by atoms with van der Waals surface area (Å²) in [5.74, 6) is -10.3. The number of Topliss-reactive ketones (excluding diaryl/α,β-unsaturated/α-hetero) is 1. The second kappa shape index (κ2) is 30.3. The van der Waals surface area contributed by atoms with Gasteiger partial charge < -0.3 is 72.6 Å². The number of carboxylic acids is 1. The number of nitrogens with zero attached hydrogens (tertiary/aromatic N) is 4. The third-order valence-electron chi connectivity index (χ3n) is 16.0. The van der Waals surface area contributed by atoms with E-state index in [2.05, 4.69) is 47.9 Å². The molecule has 5 rings (SSSR count). The fourth-order valence-corrected chi connectivity index (χ4v) is 11.2. The summed E-state index contributed by atoms with van der Waals surface area (Å²) in [6, 6.07) is -13.2. The summed E-state index contributed by atoms with van der Waals surface area (Å²) in [5, 5.41) is 33.6. The van der Waals surface area contributed by atoms with Gasteiger partial charge in [-0.15, -0.1) is 0 Å². The Morgan fingerprint density at radius 3 is 1.28 bits per heavy atom. The van der Waals surface area contributed by atoms with Crippen molar-refractivity contribution in [3.63, 3.8) is 0 Å². The maximum atomic E-state index is 14.2. The van der Waals surface area contributed by atoms with E-state index in [0.717, 1.165) is 0 Å². The Bertz CT molecular complexity index is 2480. The highest BCUT2D eigenvalue weighted by atomic mass is 16.4. The first kappa shape index (κ1) is 66.5. The zero-order valence-corrected chi connectivity index (χ0v) is 49.3. The average molecular weight is 1170 g/mol. The number of fused-ring (bicyclic) bond motifs is 4. The summed E-state index contributed by atoms with van der Waals surface area (Å²) in [4.78, 5) is 194. The van der Waals surface area contributed by atoms with E-state index in [1.807, 2.05) is 0 Å². The predicted molar refractivity (Wildman–Crippen MR) is 296 cm³/mol. The fraction of sp³-hybridized carbons (Fsp3) is 0.745. The zero-order chi connectivity index (χ0) is 61.6. The average Bonchev–Trinajstić information content (AvgIpc) is 4.45. The maximum Gasteiger partial charge on any atom is 0.305 e. The number of carboxylic acid groups (broad SMARTS) is 1. The summed E-state index contributed by atoms with van der Waals surface area (Å²) < 4.78 is 0. The van der Waals surface area contributed by atoms with Gasteiger partial charge in [-0.2, -0.15) is 0 Å². The molecule has 5 fully saturated rings. The maximum absolute atomic E-state index is 14.2. The summed E-state index contributed by atoms with van der Waals surface area (Å²) in [5.41, 5.74) is 0. The van der Waals surface area contributed by atoms with Crippen LogP contribution in [0.3, 0.4) is 0 Å². The first-order valence-corrected chi connectivity index (χ1v) is 29.2. The molecular formula is C55H87N13O15. The van der Waals surface area contributed by atoms with Gasteiger partial charge in [0.15, 0.2) is 5.78 Å². The summed E-state index contributed by atoms with van der Waals surface area (Å²) in [7, 11) is 0. The van der Waals surface area contributed by atoms with Crippen LogP contribution in [0.5, 0.6) is 0 Å². The van der Waals surface area contributed by atoms with Crippen molar-refractivity contribution >= 4 is 82.6 Å². The van der Waals surface area contributed by atoms with Crippen LogP contribution in [0.4, 0.5) is 0 Å². The van der Waals surface area contributed by atoms with E-state index in [4.69, 9.17) is 0 Å². The van der Waals surface area contributed by atoms with Crippen LogP contribution in [-0.4, -0.2) is 219 Å². The van der Waals surface area contributed by atoms with Crippen molar-refractivity contribution in [2.24, 2.45) is 11.8 Å². The molecule has 0 aromatic heterocycles. The monoisotopic (exact) mass is 1170 g/mol. The van der Waals surface area contributed by atoms with Crippen LogP contribution in [0.2, 0.25) is 0 Å². The van der Waals surface area contributed by atoms with Gasteiger partial charge in [0.25, 0.3) is 0 Å². The minimum absolute atomic E-state index is 0.00923. The molecule has 462 valence electrons. The molecule has 0 radical (unpaired) electrons. The number of amides is 12. The Hall–Kier alpha value is -7.26. The molecule has 0 saturated carbocycles. The topological polar surface area (TPSA) is 380 Å². The smallest absolute Gasteiger partial charge is 0.305 e. The molecule has 83 heavy (non-hydrogen) atoms. The third kappa shape index (κ3) is 17.6. The molecule has 0 spiro atoms. The molecule has 10 N–H and O–H groups in total. The number of rotatable bonds is 4. The zero-order valence-electron chi connectivity index (χ0n) is 49.3. The molecular weight excluding hydrogens is 1080 g/mol. The highest BCUT2D eigenvalue weighted by molar-refractivity contribution is 6.00. The van der Waals surface area contributed by atoms with Crippen molar-refractivity contribution in [3.8, 4) is 0 Å². The number of carbonyl (C=O) groups is 14. The van der Waals surface area contributed by atoms with Crippen LogP contribution in [-0.2, 0) is 67.1 Å². The van der Waals surface area contributed by atoms with E-state index in [0.29, 0.717) is 38.5 Å². The van der Waals surface area contributed by atoms with E-state index < -0.39 is 168 Å². The lowest BCUT2D eigenvalue weighted by Gasteiger charge is -2.32. The SMILES string of the molecule is CC(C)[C@H]1NC(=O)[C@@H]2CCCN2C(=O)[C@@H](C(C)C)NC(=O)[C@@H](C)NC(=O)[C@@H]2CCCN2C(=O)CNC(=O)[C@@H](C)NC(=O)[C@@H]2CCCN2C(=O)[C@@H](C)NC(=O)[C@@H](C)NC(=O)[C@H]2CCCN2C(=O)[C@@H](C)NC(=O)[C@@H](CC(=O)O)NCCCCC1=O. The summed E-state index contributed by atoms with van der Waals surface area (Å²) >= 11 is 0. The Balaban J connectivity index is 1.31. The molecule has 5 aliphatic heterocycles. The van der Waals surface area contributed by atoms with E-state index in [1.54, 1.807) is 27.7 Å². The second-order valence-electron chi connectivity index (χ2n) is 23.2. The molecule has 5 saturated heterocycles. The van der Waals surface area contributed by atoms with Crippen LogP contribution in [0.25, 0.3) is 0 Å². The number of aliphatic carboxylic acids is 1. The van der Waals surface area contributed by atoms with Gasteiger partial charge in [0.05, 0.1) is 25.0 Å². The second-order valence-corrected chi connectivity index (χ2v) is 23.2. The lowest BCUT2D eigenvalue weighted by atomic mass is 9.95. The molecule has 28 nitrogen and oxygen atoms in total. The van der Waals surface area contributed by atoms with Crippen molar-refractivity contribution in [3.05, 3.63) is 0 Å². The molecule has 0 aromatic rings. The van der Waals surface area contributed by atoms with Gasteiger partial charge in [0.2, 0.25) is 70.9 Å². The standard InChI is InChI=1S/C55H87N13O15/c1-28(2)43-40(69)20-10-11-21-56-35(26-42(71)72)48(76)62-34(9)54(82)67-24-14-18-38(67)51(79)59-31(6)46(74)61-33(8)53(81)66-23-13-17-37(66)50(78)58-30(5)45(73)57-27-41(70)65-22-12-16-36(65)49(77)60-32(7)47(75)64-44(29(3)4)55(83)68-25-15-19-39(68)52(80)63-43/h28-39,43-44,56H,10-27H2,1-9H3,(H,57,73)(H,58,78)(H,59,79)(H,60,77)(H,61,74)(H,62,76)(H,63,80)(H,64,75)(H,71,72)/t30-,31-,32-,33-,34-,35-,36+,37+,38-,39+,43-,44-/m1/s1. The minimum atomic E-state index is -1.30. The van der Waals surface area contributed by atoms with E-state index in [9.17, 15) is 72.2 Å². The van der Waals surface area contributed by atoms with Crippen molar-refractivity contribution < 1.29 is 72.2 Å². The molecule has 5 aliphatic rings. The largest absolute Gasteiger partial charge is 0.481 e. The molecule has 12 atom stereocenters. The summed E-state index contributed by atoms with van der Waals surface area (Å²) in [6.07, 6.45) is 2.74. The molecule has 12 amide bonds. The summed E-state index contributed by atoms with van der Waals surface area (Å²) in [6.45, 7) is 14.2. The normalized spacial score (nSPS) is 31.4. The highest BCUT2D eigenvalue weighted by Gasteiger charge is 2.43. The molecule has 0 bridgehead atoms. The lowest BCUT2D eigenvalue weighted by Crippen LogP contribution is -2.59. The molecule has 0 unspecified atom stereocenters. The Labute approximate surface area is 483 Å². The van der Waals surface area contributed by atoms with Crippen LogP contribution in [0.1, 0.15) is 139 Å². The predicted octanol–water partition coefficient (Wildman–Crippen LogP) is -2.94. The van der Waals surface area contributed by atoms with Crippen molar-refractivity contribution in [2.45, 2.75) is 212 Å². The van der Waals surface area contributed by atoms with Crippen LogP contribution in [0.15, 0.2) is 0 Å². The van der Waals surface area contributed by atoms with E-state index >= 15 is 0 Å². The van der Waals surface area contributed by atoms with Gasteiger partial charge in [-0.1, -0.05) is 27.7 Å². The van der Waals surface area contributed by atoms with Gasteiger partial charge >= 0.3 is 5.97 Å². The van der Waals surface area contributed by atoms with Crippen molar-refractivity contribution in [1.29, 1.82) is 0 Å². The van der Waals surface area contributed by atoms with E-state index in [-0.39, 0.29) is 76.5 Å². The van der Waals surface area contributed by atoms with Crippen molar-refractivity contribution in [2.75, 3.05) is 39.3 Å². The minimum Gasteiger partial charge on any atom is -0.481 e.